The molecule has 1 atom stereocenters. The van der Waals surface area contributed by atoms with Crippen LogP contribution in [-0.2, 0) is 10.2 Å². The molecule has 0 spiro atoms. The Balaban J connectivity index is 1.99. The fraction of sp³-hybridized carbons (Fsp3) is 0.316. The van der Waals surface area contributed by atoms with Gasteiger partial charge in [0.25, 0.3) is 0 Å². The maximum Gasteiger partial charge on any atom is 0.236 e. The molecule has 2 N–H and O–H groups in total. The molecule has 1 heterocycles. The molecule has 0 bridgehead atoms. The van der Waals surface area contributed by atoms with Crippen LogP contribution in [0.2, 0.25) is 0 Å². The number of nitrogens with two attached hydrogens (primary N) is 1. The number of nitrogens with zero attached hydrogens (tertiary/aromatic N) is 1. The SMILES string of the molecule is COc1ccc(C(N)c2ccc3c(c2)C(C)(C)C(=O)N3C)cc1. The monoisotopic (exact) mass is 310 g/mol. The lowest BCUT2D eigenvalue weighted by Gasteiger charge is -2.18. The summed E-state index contributed by atoms with van der Waals surface area (Å²) >= 11 is 0. The van der Waals surface area contributed by atoms with E-state index in [1.807, 2.05) is 57.3 Å². The maximum absolute atomic E-state index is 12.4. The van der Waals surface area contributed by atoms with Crippen LogP contribution in [0.25, 0.3) is 0 Å². The maximum atomic E-state index is 12.4. The third-order valence-corrected chi connectivity index (χ3v) is 4.73. The summed E-state index contributed by atoms with van der Waals surface area (Å²) in [6, 6.07) is 13.6. The van der Waals surface area contributed by atoms with Gasteiger partial charge in [-0.1, -0.05) is 24.3 Å². The summed E-state index contributed by atoms with van der Waals surface area (Å²) in [6.07, 6.45) is 0. The van der Waals surface area contributed by atoms with Crippen molar-refractivity contribution in [3.63, 3.8) is 0 Å². The minimum Gasteiger partial charge on any atom is -0.497 e. The fourth-order valence-corrected chi connectivity index (χ4v) is 3.19. The zero-order valence-corrected chi connectivity index (χ0v) is 14.0. The molecule has 3 rings (SSSR count). The Morgan fingerprint density at radius 1 is 1.09 bits per heavy atom. The quantitative estimate of drug-likeness (QED) is 0.948. The summed E-state index contributed by atoms with van der Waals surface area (Å²) in [4.78, 5) is 14.1. The van der Waals surface area contributed by atoms with Gasteiger partial charge in [-0.05, 0) is 48.7 Å². The molecule has 0 saturated heterocycles. The van der Waals surface area contributed by atoms with E-state index < -0.39 is 5.41 Å². The van der Waals surface area contributed by atoms with Crippen LogP contribution in [0, 0.1) is 0 Å². The molecule has 0 aromatic heterocycles. The molecule has 4 nitrogen and oxygen atoms in total. The number of benzene rings is 2. The van der Waals surface area contributed by atoms with E-state index in [4.69, 9.17) is 10.5 Å². The molecule has 1 amide bonds. The topological polar surface area (TPSA) is 55.6 Å². The number of ether oxygens (including phenoxy) is 1. The highest BCUT2D eigenvalue weighted by Crippen LogP contribution is 2.42. The number of amides is 1. The number of anilines is 1. The van der Waals surface area contributed by atoms with Crippen LogP contribution in [0.1, 0.15) is 36.6 Å². The predicted molar refractivity (Wildman–Crippen MR) is 91.9 cm³/mol. The molecular formula is C19H22N2O2. The molecule has 1 unspecified atom stereocenters. The third-order valence-electron chi connectivity index (χ3n) is 4.73. The van der Waals surface area contributed by atoms with Crippen molar-refractivity contribution in [3.8, 4) is 5.75 Å². The summed E-state index contributed by atoms with van der Waals surface area (Å²) in [5, 5.41) is 0. The van der Waals surface area contributed by atoms with Crippen molar-refractivity contribution in [2.75, 3.05) is 19.1 Å². The van der Waals surface area contributed by atoms with Gasteiger partial charge in [-0.2, -0.15) is 0 Å². The number of carbonyl (C=O) groups is 1. The number of rotatable bonds is 3. The average molecular weight is 310 g/mol. The molecule has 2 aromatic carbocycles. The summed E-state index contributed by atoms with van der Waals surface area (Å²) in [5.74, 6) is 0.922. The molecule has 2 aromatic rings. The first-order valence-electron chi connectivity index (χ1n) is 7.68. The van der Waals surface area contributed by atoms with E-state index >= 15 is 0 Å². The summed E-state index contributed by atoms with van der Waals surface area (Å²) in [7, 11) is 3.46. The van der Waals surface area contributed by atoms with Gasteiger partial charge < -0.3 is 15.4 Å². The number of likely N-dealkylation sites (N-methyl/N-ethyl adjacent to an activating group) is 1. The van der Waals surface area contributed by atoms with Crippen molar-refractivity contribution in [3.05, 3.63) is 59.2 Å². The van der Waals surface area contributed by atoms with Crippen LogP contribution in [-0.4, -0.2) is 20.1 Å². The highest BCUT2D eigenvalue weighted by atomic mass is 16.5. The molecule has 23 heavy (non-hydrogen) atoms. The minimum atomic E-state index is -0.514. The van der Waals surface area contributed by atoms with Gasteiger partial charge >= 0.3 is 0 Å². The van der Waals surface area contributed by atoms with Crippen LogP contribution in [0.15, 0.2) is 42.5 Å². The van der Waals surface area contributed by atoms with Gasteiger partial charge in [0, 0.05) is 12.7 Å². The molecule has 120 valence electrons. The van der Waals surface area contributed by atoms with Crippen molar-refractivity contribution < 1.29 is 9.53 Å². The Morgan fingerprint density at radius 2 is 1.70 bits per heavy atom. The van der Waals surface area contributed by atoms with Gasteiger partial charge in [-0.3, -0.25) is 4.79 Å². The molecule has 0 aliphatic carbocycles. The van der Waals surface area contributed by atoms with E-state index in [1.165, 1.54) is 0 Å². The third kappa shape index (κ3) is 2.39. The zero-order chi connectivity index (χ0) is 16.8. The van der Waals surface area contributed by atoms with E-state index in [1.54, 1.807) is 12.0 Å². The second-order valence-corrected chi connectivity index (χ2v) is 6.52. The van der Waals surface area contributed by atoms with Gasteiger partial charge in [0.2, 0.25) is 5.91 Å². The van der Waals surface area contributed by atoms with E-state index in [9.17, 15) is 4.79 Å². The first kappa shape index (κ1) is 15.6. The number of hydrogen-bond donors (Lipinski definition) is 1. The Bertz CT molecular complexity index is 750. The van der Waals surface area contributed by atoms with Crippen LogP contribution in [0.5, 0.6) is 5.75 Å². The summed E-state index contributed by atoms with van der Waals surface area (Å²) in [5.41, 5.74) is 9.92. The normalized spacial score (nSPS) is 17.1. The van der Waals surface area contributed by atoms with Crippen LogP contribution < -0.4 is 15.4 Å². The molecule has 0 saturated carbocycles. The molecule has 1 aliphatic heterocycles. The Morgan fingerprint density at radius 3 is 2.30 bits per heavy atom. The lowest BCUT2D eigenvalue weighted by atomic mass is 9.84. The largest absolute Gasteiger partial charge is 0.497 e. The Labute approximate surface area is 136 Å². The lowest BCUT2D eigenvalue weighted by molar-refractivity contribution is -0.121. The van der Waals surface area contributed by atoms with Crippen molar-refractivity contribution in [1.82, 2.24) is 0 Å². The molecule has 4 heteroatoms. The first-order valence-corrected chi connectivity index (χ1v) is 7.68. The van der Waals surface area contributed by atoms with Gasteiger partial charge in [-0.15, -0.1) is 0 Å². The van der Waals surface area contributed by atoms with Crippen molar-refractivity contribution in [2.45, 2.75) is 25.3 Å². The lowest BCUT2D eigenvalue weighted by Crippen LogP contribution is -2.33. The van der Waals surface area contributed by atoms with E-state index in [0.717, 1.165) is 28.1 Å². The summed E-state index contributed by atoms with van der Waals surface area (Å²) < 4.78 is 5.18. The predicted octanol–water partition coefficient (Wildman–Crippen LogP) is 3.00. The highest BCUT2D eigenvalue weighted by Gasteiger charge is 2.42. The van der Waals surface area contributed by atoms with Crippen LogP contribution in [0.3, 0.4) is 0 Å². The van der Waals surface area contributed by atoms with Gasteiger partial charge in [0.1, 0.15) is 5.75 Å². The molecular weight excluding hydrogens is 288 g/mol. The first-order chi connectivity index (χ1) is 10.9. The smallest absolute Gasteiger partial charge is 0.236 e. The van der Waals surface area contributed by atoms with E-state index in [0.29, 0.717) is 0 Å². The van der Waals surface area contributed by atoms with Gasteiger partial charge in [-0.25, -0.2) is 0 Å². The minimum absolute atomic E-state index is 0.114. The van der Waals surface area contributed by atoms with Gasteiger partial charge in [0.05, 0.1) is 18.6 Å². The van der Waals surface area contributed by atoms with E-state index in [-0.39, 0.29) is 11.9 Å². The molecule has 1 aliphatic rings. The highest BCUT2D eigenvalue weighted by molar-refractivity contribution is 6.07. The number of hydrogen-bond acceptors (Lipinski definition) is 3. The summed E-state index contributed by atoms with van der Waals surface area (Å²) in [6.45, 7) is 3.92. The van der Waals surface area contributed by atoms with Crippen molar-refractivity contribution in [1.29, 1.82) is 0 Å². The molecule has 0 radical (unpaired) electrons. The van der Waals surface area contributed by atoms with E-state index in [2.05, 4.69) is 6.07 Å². The second-order valence-electron chi connectivity index (χ2n) is 6.52. The van der Waals surface area contributed by atoms with Crippen molar-refractivity contribution >= 4 is 11.6 Å². The van der Waals surface area contributed by atoms with Gasteiger partial charge in [0.15, 0.2) is 0 Å². The Kier molecular flexibility index (Phi) is 3.65. The average Bonchev–Trinajstić information content (AvgIpc) is 2.75. The van der Waals surface area contributed by atoms with Crippen molar-refractivity contribution in [2.24, 2.45) is 5.73 Å². The number of fused-ring (bicyclic) bond motifs is 1. The number of methoxy groups -OCH3 is 1. The zero-order valence-electron chi connectivity index (χ0n) is 14.0. The fourth-order valence-electron chi connectivity index (χ4n) is 3.19. The Hall–Kier alpha value is -2.33. The standard InChI is InChI=1S/C19H22N2O2/c1-19(2)15-11-13(7-10-16(15)21(3)18(19)22)17(20)12-5-8-14(23-4)9-6-12/h5-11,17H,20H2,1-4H3. The second kappa shape index (κ2) is 5.39. The molecule has 0 fully saturated rings. The van der Waals surface area contributed by atoms with Crippen LogP contribution in [0.4, 0.5) is 5.69 Å². The number of carbonyl (C=O) groups excluding carboxylic acids is 1. The van der Waals surface area contributed by atoms with Crippen LogP contribution >= 0.6 is 0 Å².